The van der Waals surface area contributed by atoms with Crippen LogP contribution in [0.3, 0.4) is 0 Å². The van der Waals surface area contributed by atoms with Gasteiger partial charge in [0.2, 0.25) is 0 Å². The van der Waals surface area contributed by atoms with Gasteiger partial charge in [0.25, 0.3) is 10.0 Å². The van der Waals surface area contributed by atoms with Gasteiger partial charge in [-0.1, -0.05) is 0 Å². The normalized spacial score (nSPS) is 15.6. The first kappa shape index (κ1) is 13.5. The predicted molar refractivity (Wildman–Crippen MR) is 75.0 cm³/mol. The predicted octanol–water partition coefficient (Wildman–Crippen LogP) is 2.10. The average molecular weight is 307 g/mol. The van der Waals surface area contributed by atoms with Crippen LogP contribution in [-0.2, 0) is 10.0 Å². The van der Waals surface area contributed by atoms with Gasteiger partial charge in [-0.15, -0.1) is 4.40 Å². The molecule has 2 aromatic rings. The van der Waals surface area contributed by atoms with Crippen LogP contribution in [0, 0.1) is 5.82 Å². The van der Waals surface area contributed by atoms with Gasteiger partial charge in [0.15, 0.2) is 17.4 Å². The van der Waals surface area contributed by atoms with E-state index in [0.29, 0.717) is 5.69 Å². The van der Waals surface area contributed by atoms with Crippen LogP contribution in [-0.4, -0.2) is 26.9 Å². The smallest absolute Gasteiger partial charge is 0.287 e. The maximum atomic E-state index is 13.8. The number of pyridine rings is 1. The highest BCUT2D eigenvalue weighted by atomic mass is 32.2. The molecule has 21 heavy (non-hydrogen) atoms. The molecule has 1 aliphatic heterocycles. The summed E-state index contributed by atoms with van der Waals surface area (Å²) >= 11 is 0. The zero-order valence-electron chi connectivity index (χ0n) is 10.9. The zero-order valence-corrected chi connectivity index (χ0v) is 11.7. The number of fused-ring (bicyclic) bond motifs is 1. The van der Waals surface area contributed by atoms with Crippen LogP contribution in [0.1, 0.15) is 0 Å². The minimum atomic E-state index is -3.76. The molecule has 0 aliphatic carbocycles. The van der Waals surface area contributed by atoms with Gasteiger partial charge in [0, 0.05) is 12.3 Å². The lowest BCUT2D eigenvalue weighted by Gasteiger charge is -2.23. The molecule has 1 aliphatic rings. The molecule has 0 spiro atoms. The van der Waals surface area contributed by atoms with Gasteiger partial charge in [-0.25, -0.2) is 9.37 Å². The third kappa shape index (κ3) is 2.23. The lowest BCUT2D eigenvalue weighted by Crippen LogP contribution is -2.23. The monoisotopic (exact) mass is 307 g/mol. The molecule has 0 saturated heterocycles. The van der Waals surface area contributed by atoms with E-state index >= 15 is 0 Å². The Morgan fingerprint density at radius 3 is 2.81 bits per heavy atom. The molecule has 0 radical (unpaired) electrons. The molecule has 0 unspecified atom stereocenters. The van der Waals surface area contributed by atoms with E-state index in [1.54, 1.807) is 6.07 Å². The van der Waals surface area contributed by atoms with Crippen molar-refractivity contribution in [3.05, 3.63) is 42.3 Å². The number of nitrogens with zero attached hydrogens (tertiary/aromatic N) is 3. The number of rotatable bonds is 2. The standard InChI is InChI=1S/C13H10FN3O3S/c1-20-11-5-4-9(7-10(11)14)17-8-16-21(18,19)12-3-2-6-15-13(12)17/h2-8H,1H3. The first-order chi connectivity index (χ1) is 10.0. The van der Waals surface area contributed by atoms with E-state index in [-0.39, 0.29) is 16.5 Å². The fourth-order valence-electron chi connectivity index (χ4n) is 1.98. The number of hydrogen-bond acceptors (Lipinski definition) is 5. The largest absolute Gasteiger partial charge is 0.494 e. The molecule has 1 aromatic carbocycles. The van der Waals surface area contributed by atoms with Crippen LogP contribution >= 0.6 is 0 Å². The van der Waals surface area contributed by atoms with Gasteiger partial charge in [-0.3, -0.25) is 4.90 Å². The van der Waals surface area contributed by atoms with Crippen molar-refractivity contribution in [1.29, 1.82) is 0 Å². The van der Waals surface area contributed by atoms with Crippen LogP contribution in [0.2, 0.25) is 0 Å². The first-order valence-corrected chi connectivity index (χ1v) is 7.35. The summed E-state index contributed by atoms with van der Waals surface area (Å²) in [5.74, 6) is -0.284. The second-order valence-corrected chi connectivity index (χ2v) is 5.81. The van der Waals surface area contributed by atoms with Crippen molar-refractivity contribution in [3.8, 4) is 5.75 Å². The van der Waals surface area contributed by atoms with Crippen LogP contribution in [0.5, 0.6) is 5.75 Å². The van der Waals surface area contributed by atoms with Crippen LogP contribution in [0.15, 0.2) is 45.8 Å². The van der Waals surface area contributed by atoms with E-state index in [1.807, 2.05) is 0 Å². The SMILES string of the molecule is COc1ccc(N2C=NS(=O)(=O)c3cccnc32)cc1F. The topological polar surface area (TPSA) is 71.9 Å². The van der Waals surface area contributed by atoms with Gasteiger partial charge in [-0.2, -0.15) is 8.42 Å². The number of ether oxygens (including phenoxy) is 1. The fraction of sp³-hybridized carbons (Fsp3) is 0.0769. The summed E-state index contributed by atoms with van der Waals surface area (Å²) in [7, 11) is -2.39. The summed E-state index contributed by atoms with van der Waals surface area (Å²) < 4.78 is 45.9. The van der Waals surface area contributed by atoms with E-state index < -0.39 is 15.8 Å². The summed E-state index contributed by atoms with van der Waals surface area (Å²) in [6.45, 7) is 0. The number of benzene rings is 1. The molecule has 0 amide bonds. The van der Waals surface area contributed by atoms with Gasteiger partial charge in [0.05, 0.1) is 12.8 Å². The number of hydrogen-bond donors (Lipinski definition) is 0. The molecule has 6 nitrogen and oxygen atoms in total. The van der Waals surface area contributed by atoms with E-state index in [0.717, 1.165) is 6.34 Å². The Hall–Kier alpha value is -2.48. The van der Waals surface area contributed by atoms with E-state index in [9.17, 15) is 12.8 Å². The van der Waals surface area contributed by atoms with E-state index in [2.05, 4.69) is 9.38 Å². The molecule has 0 bridgehead atoms. The molecule has 3 rings (SSSR count). The van der Waals surface area contributed by atoms with E-state index in [4.69, 9.17) is 4.74 Å². The summed E-state index contributed by atoms with van der Waals surface area (Å²) in [5.41, 5.74) is 0.395. The van der Waals surface area contributed by atoms with Crippen molar-refractivity contribution in [2.45, 2.75) is 4.90 Å². The number of methoxy groups -OCH3 is 1. The van der Waals surface area contributed by atoms with Crippen molar-refractivity contribution in [2.75, 3.05) is 12.0 Å². The summed E-state index contributed by atoms with van der Waals surface area (Å²) in [6.07, 6.45) is 2.56. The number of aromatic nitrogens is 1. The quantitative estimate of drug-likeness (QED) is 0.849. The first-order valence-electron chi connectivity index (χ1n) is 5.91. The Kier molecular flexibility index (Phi) is 3.09. The van der Waals surface area contributed by atoms with Crippen LogP contribution in [0.25, 0.3) is 0 Å². The van der Waals surface area contributed by atoms with Crippen LogP contribution < -0.4 is 9.64 Å². The molecule has 0 saturated carbocycles. The van der Waals surface area contributed by atoms with Crippen molar-refractivity contribution in [1.82, 2.24) is 4.98 Å². The number of sulfonamides is 1. The summed E-state index contributed by atoms with van der Waals surface area (Å²) in [4.78, 5) is 5.42. The average Bonchev–Trinajstić information content (AvgIpc) is 2.47. The fourth-order valence-corrected chi connectivity index (χ4v) is 2.94. The lowest BCUT2D eigenvalue weighted by atomic mass is 10.2. The molecule has 1 aromatic heterocycles. The third-order valence-corrected chi connectivity index (χ3v) is 4.22. The van der Waals surface area contributed by atoms with Gasteiger partial charge < -0.3 is 4.74 Å². The molecule has 0 N–H and O–H groups in total. The minimum absolute atomic E-state index is 0.0243. The molecule has 108 valence electrons. The highest BCUT2D eigenvalue weighted by Gasteiger charge is 2.27. The molecular formula is C13H10FN3O3S. The molecule has 0 fully saturated rings. The molecule has 8 heteroatoms. The Morgan fingerprint density at radius 1 is 1.29 bits per heavy atom. The second-order valence-electron chi connectivity index (χ2n) is 4.21. The summed E-state index contributed by atoms with van der Waals surface area (Å²) in [6, 6.07) is 7.17. The molecular weight excluding hydrogens is 297 g/mol. The Balaban J connectivity index is 2.14. The Morgan fingerprint density at radius 2 is 2.10 bits per heavy atom. The second kappa shape index (κ2) is 4.81. The highest BCUT2D eigenvalue weighted by Crippen LogP contribution is 2.33. The third-order valence-electron chi connectivity index (χ3n) is 2.97. The lowest BCUT2D eigenvalue weighted by molar-refractivity contribution is 0.386. The van der Waals surface area contributed by atoms with Gasteiger partial charge in [0.1, 0.15) is 11.2 Å². The van der Waals surface area contributed by atoms with Crippen LogP contribution in [0.4, 0.5) is 15.9 Å². The minimum Gasteiger partial charge on any atom is -0.494 e. The van der Waals surface area contributed by atoms with Gasteiger partial charge in [-0.05, 0) is 24.3 Å². The van der Waals surface area contributed by atoms with Crippen molar-refractivity contribution < 1.29 is 17.5 Å². The number of anilines is 2. The zero-order chi connectivity index (χ0) is 15.0. The maximum absolute atomic E-state index is 13.8. The van der Waals surface area contributed by atoms with Gasteiger partial charge >= 0.3 is 0 Å². The maximum Gasteiger partial charge on any atom is 0.287 e. The summed E-state index contributed by atoms with van der Waals surface area (Å²) in [5, 5.41) is 0. The highest BCUT2D eigenvalue weighted by molar-refractivity contribution is 7.90. The number of halogens is 1. The molecule has 0 atom stereocenters. The van der Waals surface area contributed by atoms with Crippen molar-refractivity contribution in [3.63, 3.8) is 0 Å². The van der Waals surface area contributed by atoms with Crippen molar-refractivity contribution >= 4 is 27.9 Å². The molecule has 2 heterocycles. The van der Waals surface area contributed by atoms with E-state index in [1.165, 1.54) is 42.5 Å². The Bertz CT molecular complexity index is 836. The Labute approximate surface area is 120 Å². The van der Waals surface area contributed by atoms with Crippen molar-refractivity contribution in [2.24, 2.45) is 4.40 Å².